The average Bonchev–Trinajstić information content (AvgIpc) is 3.09. The van der Waals surface area contributed by atoms with Crippen molar-refractivity contribution in [1.82, 2.24) is 10.3 Å². The molecule has 3 rings (SSSR count). The molecule has 3 atom stereocenters. The number of hydrogen-bond acceptors (Lipinski definition) is 3. The Labute approximate surface area is 150 Å². The zero-order valence-corrected chi connectivity index (χ0v) is 15.2. The van der Waals surface area contributed by atoms with Crippen molar-refractivity contribution in [2.75, 3.05) is 0 Å². The number of nitrogens with one attached hydrogen (secondary N) is 1. The third-order valence-corrected chi connectivity index (χ3v) is 5.46. The van der Waals surface area contributed by atoms with Crippen LogP contribution in [0.1, 0.15) is 51.8 Å². The summed E-state index contributed by atoms with van der Waals surface area (Å²) >= 11 is 0. The molecule has 0 saturated heterocycles. The van der Waals surface area contributed by atoms with E-state index in [2.05, 4.69) is 24.1 Å². The zero-order valence-electron chi connectivity index (χ0n) is 15.2. The second-order valence-electron chi connectivity index (χ2n) is 7.28. The third-order valence-electron chi connectivity index (χ3n) is 5.46. The van der Waals surface area contributed by atoms with E-state index in [4.69, 9.17) is 4.42 Å². The summed E-state index contributed by atoms with van der Waals surface area (Å²) in [6.45, 7) is 4.54. The number of hydrogen-bond donors (Lipinski definition) is 1. The molecule has 1 amide bonds. The highest BCUT2D eigenvalue weighted by atomic mass is 16.4. The highest BCUT2D eigenvalue weighted by Gasteiger charge is 2.27. The summed E-state index contributed by atoms with van der Waals surface area (Å²) in [6.07, 6.45) is 7.35. The molecule has 0 spiro atoms. The number of carbonyl (C=O) groups is 1. The summed E-state index contributed by atoms with van der Waals surface area (Å²) in [5.74, 6) is 2.90. The van der Waals surface area contributed by atoms with Crippen molar-refractivity contribution >= 4 is 5.91 Å². The Morgan fingerprint density at radius 1 is 1.24 bits per heavy atom. The first-order valence-corrected chi connectivity index (χ1v) is 9.43. The average molecular weight is 340 g/mol. The Bertz CT molecular complexity index is 680. The Balaban J connectivity index is 1.44. The van der Waals surface area contributed by atoms with Gasteiger partial charge in [0, 0.05) is 24.4 Å². The number of oxazole rings is 1. The predicted octanol–water partition coefficient (Wildman–Crippen LogP) is 4.61. The summed E-state index contributed by atoms with van der Waals surface area (Å²) in [7, 11) is 0. The topological polar surface area (TPSA) is 55.1 Å². The van der Waals surface area contributed by atoms with Crippen LogP contribution in [-0.4, -0.2) is 16.9 Å². The van der Waals surface area contributed by atoms with E-state index in [0.717, 1.165) is 24.2 Å². The number of aryl methyl sites for hydroxylation is 1. The van der Waals surface area contributed by atoms with Gasteiger partial charge in [-0.2, -0.15) is 0 Å². The van der Waals surface area contributed by atoms with Gasteiger partial charge in [0.15, 0.2) is 11.7 Å². The maximum Gasteiger partial charge on any atom is 0.220 e. The van der Waals surface area contributed by atoms with Gasteiger partial charge in [-0.3, -0.25) is 4.79 Å². The lowest BCUT2D eigenvalue weighted by molar-refractivity contribution is -0.122. The van der Waals surface area contributed by atoms with Gasteiger partial charge in [0.05, 0.1) is 6.20 Å². The van der Waals surface area contributed by atoms with Crippen LogP contribution in [-0.2, 0) is 11.2 Å². The van der Waals surface area contributed by atoms with Crippen LogP contribution >= 0.6 is 0 Å². The first kappa shape index (κ1) is 17.7. The number of amides is 1. The molecule has 1 aromatic heterocycles. The normalized spacial score (nSPS) is 23.4. The van der Waals surface area contributed by atoms with E-state index >= 15 is 0 Å². The lowest BCUT2D eigenvalue weighted by Gasteiger charge is -2.34. The van der Waals surface area contributed by atoms with Gasteiger partial charge in [0.25, 0.3) is 0 Å². The standard InChI is InChI=1S/C21H28N2O2/c1-15-8-6-11-18(16(15)2)23-20(24)12-7-13-21-22-14-19(25-21)17-9-4-3-5-10-17/h3-5,9-10,14-16,18H,6-8,11-13H2,1-2H3,(H,23,24). The van der Waals surface area contributed by atoms with Crippen LogP contribution in [0.25, 0.3) is 11.3 Å². The third kappa shape index (κ3) is 4.71. The Morgan fingerprint density at radius 3 is 2.84 bits per heavy atom. The largest absolute Gasteiger partial charge is 0.441 e. The van der Waals surface area contributed by atoms with Crippen LogP contribution in [0.2, 0.25) is 0 Å². The summed E-state index contributed by atoms with van der Waals surface area (Å²) in [5, 5.41) is 3.23. The second-order valence-corrected chi connectivity index (χ2v) is 7.28. The van der Waals surface area contributed by atoms with E-state index in [1.807, 2.05) is 30.3 Å². The second kappa shape index (κ2) is 8.32. The quantitative estimate of drug-likeness (QED) is 0.836. The molecule has 1 N–H and O–H groups in total. The number of rotatable bonds is 6. The van der Waals surface area contributed by atoms with E-state index in [1.54, 1.807) is 6.20 Å². The molecule has 3 unspecified atom stereocenters. The molecule has 0 bridgehead atoms. The smallest absolute Gasteiger partial charge is 0.220 e. The first-order chi connectivity index (χ1) is 12.1. The lowest BCUT2D eigenvalue weighted by atomic mass is 9.78. The minimum Gasteiger partial charge on any atom is -0.441 e. The maximum atomic E-state index is 12.2. The van der Waals surface area contributed by atoms with Crippen molar-refractivity contribution in [3.8, 4) is 11.3 Å². The van der Waals surface area contributed by atoms with Crippen molar-refractivity contribution in [2.45, 2.75) is 58.4 Å². The van der Waals surface area contributed by atoms with E-state index < -0.39 is 0 Å². The minimum atomic E-state index is 0.154. The van der Waals surface area contributed by atoms with Gasteiger partial charge < -0.3 is 9.73 Å². The molecule has 134 valence electrons. The van der Waals surface area contributed by atoms with Crippen LogP contribution in [0.3, 0.4) is 0 Å². The summed E-state index contributed by atoms with van der Waals surface area (Å²) in [5.41, 5.74) is 1.03. The van der Waals surface area contributed by atoms with E-state index in [1.165, 1.54) is 12.8 Å². The Hall–Kier alpha value is -2.10. The van der Waals surface area contributed by atoms with Gasteiger partial charge >= 0.3 is 0 Å². The van der Waals surface area contributed by atoms with E-state index in [0.29, 0.717) is 36.6 Å². The highest BCUT2D eigenvalue weighted by molar-refractivity contribution is 5.76. The van der Waals surface area contributed by atoms with E-state index in [9.17, 15) is 4.79 Å². The maximum absolute atomic E-state index is 12.2. The summed E-state index contributed by atoms with van der Waals surface area (Å²) in [4.78, 5) is 16.5. The number of nitrogens with zero attached hydrogens (tertiary/aromatic N) is 1. The number of aromatic nitrogens is 1. The highest BCUT2D eigenvalue weighted by Crippen LogP contribution is 2.29. The molecular formula is C21H28N2O2. The summed E-state index contributed by atoms with van der Waals surface area (Å²) in [6, 6.07) is 10.3. The molecule has 1 aromatic carbocycles. The Morgan fingerprint density at radius 2 is 2.04 bits per heavy atom. The molecule has 0 radical (unpaired) electrons. The van der Waals surface area contributed by atoms with Gasteiger partial charge in [0.2, 0.25) is 5.91 Å². The molecule has 4 nitrogen and oxygen atoms in total. The van der Waals surface area contributed by atoms with Gasteiger partial charge in [-0.25, -0.2) is 4.98 Å². The van der Waals surface area contributed by atoms with Crippen LogP contribution < -0.4 is 5.32 Å². The SMILES string of the molecule is CC1CCCC(NC(=O)CCCc2ncc(-c3ccccc3)o2)C1C. The predicted molar refractivity (Wildman–Crippen MR) is 99.0 cm³/mol. The summed E-state index contributed by atoms with van der Waals surface area (Å²) < 4.78 is 5.79. The van der Waals surface area contributed by atoms with Gasteiger partial charge in [0.1, 0.15) is 0 Å². The number of benzene rings is 1. The van der Waals surface area contributed by atoms with Crippen LogP contribution in [0.15, 0.2) is 40.9 Å². The van der Waals surface area contributed by atoms with Crippen LogP contribution in [0, 0.1) is 11.8 Å². The van der Waals surface area contributed by atoms with Gasteiger partial charge in [-0.1, -0.05) is 57.0 Å². The molecule has 0 aliphatic heterocycles. The zero-order chi connectivity index (χ0) is 17.6. The van der Waals surface area contributed by atoms with Crippen molar-refractivity contribution in [3.63, 3.8) is 0 Å². The van der Waals surface area contributed by atoms with Crippen LogP contribution in [0.5, 0.6) is 0 Å². The van der Waals surface area contributed by atoms with Crippen LogP contribution in [0.4, 0.5) is 0 Å². The lowest BCUT2D eigenvalue weighted by Crippen LogP contribution is -2.43. The van der Waals surface area contributed by atoms with Crippen molar-refractivity contribution < 1.29 is 9.21 Å². The van der Waals surface area contributed by atoms with E-state index in [-0.39, 0.29) is 5.91 Å². The molecule has 1 heterocycles. The van der Waals surface area contributed by atoms with Crippen molar-refractivity contribution in [2.24, 2.45) is 11.8 Å². The molecule has 1 aliphatic rings. The van der Waals surface area contributed by atoms with Gasteiger partial charge in [-0.15, -0.1) is 0 Å². The molecule has 1 aliphatic carbocycles. The molecule has 1 saturated carbocycles. The fourth-order valence-electron chi connectivity index (χ4n) is 3.63. The minimum absolute atomic E-state index is 0.154. The first-order valence-electron chi connectivity index (χ1n) is 9.43. The molecule has 4 heteroatoms. The fourth-order valence-corrected chi connectivity index (χ4v) is 3.63. The molecular weight excluding hydrogens is 312 g/mol. The molecule has 1 fully saturated rings. The molecule has 2 aromatic rings. The molecule has 25 heavy (non-hydrogen) atoms. The fraction of sp³-hybridized carbons (Fsp3) is 0.524. The Kier molecular flexibility index (Phi) is 5.90. The van der Waals surface area contributed by atoms with Crippen molar-refractivity contribution in [3.05, 3.63) is 42.4 Å². The van der Waals surface area contributed by atoms with Gasteiger partial charge in [-0.05, 0) is 24.7 Å². The monoisotopic (exact) mass is 340 g/mol. The number of carbonyl (C=O) groups excluding carboxylic acids is 1. The van der Waals surface area contributed by atoms with Crippen molar-refractivity contribution in [1.29, 1.82) is 0 Å².